The van der Waals surface area contributed by atoms with Crippen LogP contribution in [-0.2, 0) is 9.53 Å². The first kappa shape index (κ1) is 16.4. The van der Waals surface area contributed by atoms with E-state index in [-0.39, 0.29) is 12.0 Å². The quantitative estimate of drug-likeness (QED) is 0.823. The molecule has 1 aliphatic rings. The number of ether oxygens (including phenoxy) is 1. The van der Waals surface area contributed by atoms with E-state index in [1.54, 1.807) is 11.3 Å². The normalized spacial score (nSPS) is 17.8. The molecule has 1 fully saturated rings. The summed E-state index contributed by atoms with van der Waals surface area (Å²) in [5, 5.41) is 0.808. The zero-order valence-corrected chi connectivity index (χ0v) is 14.9. The van der Waals surface area contributed by atoms with Gasteiger partial charge in [0.15, 0.2) is 5.13 Å². The average Bonchev–Trinajstić information content (AvgIpc) is 3.13. The van der Waals surface area contributed by atoms with E-state index >= 15 is 0 Å². The van der Waals surface area contributed by atoms with Crippen molar-refractivity contribution in [2.75, 3.05) is 18.1 Å². The highest BCUT2D eigenvalue weighted by atomic mass is 32.1. The second kappa shape index (κ2) is 6.97. The highest BCUT2D eigenvalue weighted by molar-refractivity contribution is 7.22. The highest BCUT2D eigenvalue weighted by Gasteiger charge is 2.25. The van der Waals surface area contributed by atoms with Gasteiger partial charge in [0.1, 0.15) is 0 Å². The molecule has 0 N–H and O–H groups in total. The summed E-state index contributed by atoms with van der Waals surface area (Å²) in [6.07, 6.45) is 3.66. The standard InChI is InChI=1S/C18H24N2O2S/c1-4-6-16(21)20(11-14-7-5-8-22-14)18-19-15-10-12(2)9-13(3)17(15)23-18/h9-10,14H,4-8,11H2,1-3H3. The zero-order chi connectivity index (χ0) is 16.4. The maximum absolute atomic E-state index is 12.6. The van der Waals surface area contributed by atoms with Crippen molar-refractivity contribution in [1.82, 2.24) is 4.98 Å². The van der Waals surface area contributed by atoms with Gasteiger partial charge in [0.25, 0.3) is 0 Å². The van der Waals surface area contributed by atoms with E-state index in [9.17, 15) is 4.79 Å². The van der Waals surface area contributed by atoms with Gasteiger partial charge in [-0.15, -0.1) is 0 Å². The van der Waals surface area contributed by atoms with Gasteiger partial charge in [-0.25, -0.2) is 4.98 Å². The van der Waals surface area contributed by atoms with Crippen molar-refractivity contribution in [3.05, 3.63) is 23.3 Å². The van der Waals surface area contributed by atoms with Crippen LogP contribution in [0.1, 0.15) is 43.7 Å². The largest absolute Gasteiger partial charge is 0.376 e. The number of benzene rings is 1. The molecule has 0 radical (unpaired) electrons. The van der Waals surface area contributed by atoms with E-state index in [0.29, 0.717) is 13.0 Å². The topological polar surface area (TPSA) is 42.4 Å². The van der Waals surface area contributed by atoms with Gasteiger partial charge in [-0.3, -0.25) is 9.69 Å². The van der Waals surface area contributed by atoms with Gasteiger partial charge in [-0.1, -0.05) is 24.3 Å². The van der Waals surface area contributed by atoms with Crippen molar-refractivity contribution in [2.45, 2.75) is 52.6 Å². The molecule has 0 spiro atoms. The van der Waals surface area contributed by atoms with Crippen LogP contribution in [0.25, 0.3) is 10.2 Å². The van der Waals surface area contributed by atoms with Crippen molar-refractivity contribution in [3.63, 3.8) is 0 Å². The Hall–Kier alpha value is -1.46. The van der Waals surface area contributed by atoms with Crippen LogP contribution in [-0.4, -0.2) is 30.1 Å². The van der Waals surface area contributed by atoms with Gasteiger partial charge < -0.3 is 4.74 Å². The number of hydrogen-bond acceptors (Lipinski definition) is 4. The molecule has 1 saturated heterocycles. The number of nitrogens with zero attached hydrogens (tertiary/aromatic N) is 2. The van der Waals surface area contributed by atoms with Crippen LogP contribution >= 0.6 is 11.3 Å². The molecule has 1 atom stereocenters. The molecule has 2 aromatic rings. The molecule has 1 aliphatic heterocycles. The lowest BCUT2D eigenvalue weighted by Crippen LogP contribution is -2.37. The fourth-order valence-corrected chi connectivity index (χ4v) is 4.15. The molecule has 1 aromatic carbocycles. The number of amides is 1. The van der Waals surface area contributed by atoms with Gasteiger partial charge in [0, 0.05) is 13.0 Å². The van der Waals surface area contributed by atoms with Crippen molar-refractivity contribution in [2.24, 2.45) is 0 Å². The first-order valence-corrected chi connectivity index (χ1v) is 9.20. The number of hydrogen-bond donors (Lipinski definition) is 0. The van der Waals surface area contributed by atoms with E-state index in [4.69, 9.17) is 9.72 Å². The summed E-state index contributed by atoms with van der Waals surface area (Å²) < 4.78 is 6.91. The monoisotopic (exact) mass is 332 g/mol. The third-order valence-corrected chi connectivity index (χ3v) is 5.44. The average molecular weight is 332 g/mol. The number of carbonyl (C=O) groups excluding carboxylic acids is 1. The van der Waals surface area contributed by atoms with Crippen LogP contribution in [0.5, 0.6) is 0 Å². The lowest BCUT2D eigenvalue weighted by molar-refractivity contribution is -0.119. The Bertz CT molecular complexity index is 704. The Balaban J connectivity index is 1.94. The van der Waals surface area contributed by atoms with Crippen LogP contribution in [0.15, 0.2) is 12.1 Å². The van der Waals surface area contributed by atoms with Crippen molar-refractivity contribution >= 4 is 32.6 Å². The molecule has 0 bridgehead atoms. The predicted octanol–water partition coefficient (Wildman–Crippen LogP) is 4.23. The Morgan fingerprint density at radius 1 is 1.43 bits per heavy atom. The van der Waals surface area contributed by atoms with Gasteiger partial charge in [-0.2, -0.15) is 0 Å². The molecule has 1 aromatic heterocycles. The Morgan fingerprint density at radius 2 is 2.26 bits per heavy atom. The van der Waals surface area contributed by atoms with E-state index in [1.165, 1.54) is 15.8 Å². The number of rotatable bonds is 5. The fraction of sp³-hybridized carbons (Fsp3) is 0.556. The van der Waals surface area contributed by atoms with Gasteiger partial charge in [-0.05, 0) is 50.3 Å². The van der Waals surface area contributed by atoms with Crippen LogP contribution in [0.3, 0.4) is 0 Å². The second-order valence-corrected chi connectivity index (χ2v) is 7.29. The minimum atomic E-state index is 0.144. The molecule has 0 aliphatic carbocycles. The van der Waals surface area contributed by atoms with Crippen molar-refractivity contribution < 1.29 is 9.53 Å². The molecule has 1 amide bonds. The van der Waals surface area contributed by atoms with Crippen LogP contribution in [0.4, 0.5) is 5.13 Å². The van der Waals surface area contributed by atoms with Crippen molar-refractivity contribution in [3.8, 4) is 0 Å². The maximum Gasteiger partial charge on any atom is 0.228 e. The smallest absolute Gasteiger partial charge is 0.228 e. The number of aryl methyl sites for hydroxylation is 2. The predicted molar refractivity (Wildman–Crippen MR) is 95.3 cm³/mol. The third-order valence-electron chi connectivity index (χ3n) is 4.21. The molecular formula is C18H24N2O2S. The van der Waals surface area contributed by atoms with Crippen LogP contribution in [0, 0.1) is 13.8 Å². The summed E-state index contributed by atoms with van der Waals surface area (Å²) >= 11 is 1.62. The van der Waals surface area contributed by atoms with Crippen LogP contribution in [0.2, 0.25) is 0 Å². The van der Waals surface area contributed by atoms with Gasteiger partial charge in [0.2, 0.25) is 5.91 Å². The number of aromatic nitrogens is 1. The summed E-state index contributed by atoms with van der Waals surface area (Å²) in [6, 6.07) is 4.26. The minimum Gasteiger partial charge on any atom is -0.376 e. The molecular weight excluding hydrogens is 308 g/mol. The highest BCUT2D eigenvalue weighted by Crippen LogP contribution is 2.33. The summed E-state index contributed by atoms with van der Waals surface area (Å²) in [7, 11) is 0. The molecule has 4 nitrogen and oxygen atoms in total. The van der Waals surface area contributed by atoms with Gasteiger partial charge in [0.05, 0.1) is 22.9 Å². The first-order valence-electron chi connectivity index (χ1n) is 8.38. The molecule has 1 unspecified atom stereocenters. The summed E-state index contributed by atoms with van der Waals surface area (Å²) in [5.74, 6) is 0.149. The minimum absolute atomic E-state index is 0.144. The zero-order valence-electron chi connectivity index (χ0n) is 14.1. The second-order valence-electron chi connectivity index (χ2n) is 6.32. The number of fused-ring (bicyclic) bond motifs is 1. The molecule has 23 heavy (non-hydrogen) atoms. The first-order chi connectivity index (χ1) is 11.1. The molecule has 124 valence electrons. The molecule has 5 heteroatoms. The third kappa shape index (κ3) is 3.56. The number of anilines is 1. The molecule has 3 rings (SSSR count). The Morgan fingerprint density at radius 3 is 2.96 bits per heavy atom. The van der Waals surface area contributed by atoms with Gasteiger partial charge >= 0.3 is 0 Å². The van der Waals surface area contributed by atoms with Crippen molar-refractivity contribution in [1.29, 1.82) is 0 Å². The van der Waals surface area contributed by atoms with E-state index in [2.05, 4.69) is 26.0 Å². The molecule has 2 heterocycles. The van der Waals surface area contributed by atoms with E-state index in [0.717, 1.165) is 36.5 Å². The summed E-state index contributed by atoms with van der Waals surface area (Å²) in [4.78, 5) is 19.2. The number of carbonyl (C=O) groups is 1. The summed E-state index contributed by atoms with van der Waals surface area (Å²) in [5.41, 5.74) is 3.42. The van der Waals surface area contributed by atoms with E-state index in [1.807, 2.05) is 11.8 Å². The SMILES string of the molecule is CCCC(=O)N(CC1CCCO1)c1nc2cc(C)cc(C)c2s1. The van der Waals surface area contributed by atoms with Crippen LogP contribution < -0.4 is 4.90 Å². The lowest BCUT2D eigenvalue weighted by Gasteiger charge is -2.22. The maximum atomic E-state index is 12.6. The fourth-order valence-electron chi connectivity index (χ4n) is 3.11. The summed E-state index contributed by atoms with van der Waals surface area (Å²) in [6.45, 7) is 7.65. The Labute approximate surface area is 141 Å². The molecule has 0 saturated carbocycles. The number of thiazole rings is 1. The van der Waals surface area contributed by atoms with E-state index < -0.39 is 0 Å². The Kier molecular flexibility index (Phi) is 4.97. The lowest BCUT2D eigenvalue weighted by atomic mass is 10.1.